The minimum Gasteiger partial charge on any atom is -0.381 e. The monoisotopic (exact) mass is 294 g/mol. The summed E-state index contributed by atoms with van der Waals surface area (Å²) in [5, 5.41) is 6.44. The van der Waals surface area contributed by atoms with Crippen LogP contribution in [-0.2, 0) is 10.2 Å². The zero-order chi connectivity index (χ0) is 15.7. The van der Waals surface area contributed by atoms with Crippen molar-refractivity contribution < 1.29 is 4.74 Å². The van der Waals surface area contributed by atoms with Gasteiger partial charge in [-0.2, -0.15) is 0 Å². The van der Waals surface area contributed by atoms with Crippen molar-refractivity contribution in [3.63, 3.8) is 0 Å². The van der Waals surface area contributed by atoms with Crippen LogP contribution in [0.3, 0.4) is 0 Å². The molecule has 120 valence electrons. The van der Waals surface area contributed by atoms with E-state index in [1.165, 1.54) is 6.42 Å². The molecule has 0 unspecified atom stereocenters. The molecular weight excluding hydrogens is 264 g/mol. The van der Waals surface area contributed by atoms with Gasteiger partial charge < -0.3 is 15.4 Å². The predicted molar refractivity (Wildman–Crippen MR) is 89.1 cm³/mol. The van der Waals surface area contributed by atoms with Gasteiger partial charge in [0.2, 0.25) is 0 Å². The highest BCUT2D eigenvalue weighted by molar-refractivity contribution is 5.47. The Hall–Kier alpha value is -1.36. The third-order valence-corrected chi connectivity index (χ3v) is 3.07. The molecule has 2 N–H and O–H groups in total. The first-order valence-electron chi connectivity index (χ1n) is 7.86. The fourth-order valence-electron chi connectivity index (χ4n) is 1.74. The summed E-state index contributed by atoms with van der Waals surface area (Å²) < 4.78 is 5.55. The van der Waals surface area contributed by atoms with Crippen LogP contribution in [0.5, 0.6) is 0 Å². The van der Waals surface area contributed by atoms with Crippen LogP contribution in [0.2, 0.25) is 0 Å². The molecule has 0 aliphatic heterocycles. The molecule has 0 fully saturated rings. The molecule has 1 rings (SSSR count). The second kappa shape index (κ2) is 8.82. The average molecular weight is 294 g/mol. The van der Waals surface area contributed by atoms with Crippen LogP contribution in [0.15, 0.2) is 6.07 Å². The second-order valence-corrected chi connectivity index (χ2v) is 6.21. The number of ether oxygens (including phenoxy) is 1. The van der Waals surface area contributed by atoms with Crippen molar-refractivity contribution in [3.8, 4) is 0 Å². The predicted octanol–water partition coefficient (Wildman–Crippen LogP) is 3.43. The van der Waals surface area contributed by atoms with Crippen LogP contribution in [-0.4, -0.2) is 36.8 Å². The number of nitrogens with one attached hydrogen (secondary N) is 2. The maximum Gasteiger partial charge on any atom is 0.138 e. The number of nitrogens with zero attached hydrogens (tertiary/aromatic N) is 2. The van der Waals surface area contributed by atoms with Gasteiger partial charge in [0.15, 0.2) is 0 Å². The van der Waals surface area contributed by atoms with Gasteiger partial charge in [-0.3, -0.25) is 0 Å². The largest absolute Gasteiger partial charge is 0.381 e. The lowest BCUT2D eigenvalue weighted by Crippen LogP contribution is -2.18. The van der Waals surface area contributed by atoms with Crippen LogP contribution >= 0.6 is 0 Å². The molecule has 0 amide bonds. The molecule has 0 radical (unpaired) electrons. The van der Waals surface area contributed by atoms with Gasteiger partial charge in [-0.15, -0.1) is 0 Å². The topological polar surface area (TPSA) is 59.1 Å². The van der Waals surface area contributed by atoms with Gasteiger partial charge in [-0.1, -0.05) is 34.1 Å². The first-order valence-corrected chi connectivity index (χ1v) is 7.86. The van der Waals surface area contributed by atoms with E-state index >= 15 is 0 Å². The Morgan fingerprint density at radius 1 is 1.10 bits per heavy atom. The van der Waals surface area contributed by atoms with E-state index in [2.05, 4.69) is 48.3 Å². The Bertz CT molecular complexity index is 415. The van der Waals surface area contributed by atoms with Crippen molar-refractivity contribution in [1.82, 2.24) is 9.97 Å². The summed E-state index contributed by atoms with van der Waals surface area (Å²) >= 11 is 0. The standard InChI is InChI=1S/C16H30N4O/c1-6-7-10-21-11-8-9-18-14-12-13(17-5)19-15(20-14)16(2,3)4/h12H,6-11H2,1-5H3,(H2,17,18,19,20). The quantitative estimate of drug-likeness (QED) is 0.683. The molecule has 0 atom stereocenters. The Balaban J connectivity index is 2.47. The van der Waals surface area contributed by atoms with E-state index in [9.17, 15) is 0 Å². The molecule has 1 heterocycles. The number of anilines is 2. The summed E-state index contributed by atoms with van der Waals surface area (Å²) in [5.41, 5.74) is -0.0629. The van der Waals surface area contributed by atoms with Gasteiger partial charge in [-0.05, 0) is 12.8 Å². The first kappa shape index (κ1) is 17.7. The number of aromatic nitrogens is 2. The second-order valence-electron chi connectivity index (χ2n) is 6.21. The van der Waals surface area contributed by atoms with E-state index in [1.54, 1.807) is 0 Å². The van der Waals surface area contributed by atoms with Gasteiger partial charge in [0.1, 0.15) is 17.5 Å². The Morgan fingerprint density at radius 2 is 1.76 bits per heavy atom. The summed E-state index contributed by atoms with van der Waals surface area (Å²) in [6.45, 7) is 11.0. The molecule has 0 aliphatic rings. The molecule has 21 heavy (non-hydrogen) atoms. The molecule has 0 saturated carbocycles. The molecule has 0 spiro atoms. The van der Waals surface area contributed by atoms with Crippen molar-refractivity contribution in [2.24, 2.45) is 0 Å². The van der Waals surface area contributed by atoms with Crippen LogP contribution < -0.4 is 10.6 Å². The van der Waals surface area contributed by atoms with Crippen LogP contribution in [0.25, 0.3) is 0 Å². The molecule has 0 aliphatic carbocycles. The highest BCUT2D eigenvalue weighted by Crippen LogP contribution is 2.22. The van der Waals surface area contributed by atoms with Gasteiger partial charge in [0.05, 0.1) is 0 Å². The van der Waals surface area contributed by atoms with E-state index in [1.807, 2.05) is 13.1 Å². The van der Waals surface area contributed by atoms with Gasteiger partial charge in [0, 0.05) is 38.3 Å². The van der Waals surface area contributed by atoms with E-state index in [0.717, 1.165) is 50.1 Å². The molecule has 0 saturated heterocycles. The van der Waals surface area contributed by atoms with Gasteiger partial charge >= 0.3 is 0 Å². The zero-order valence-electron chi connectivity index (χ0n) is 14.1. The van der Waals surface area contributed by atoms with Crippen molar-refractivity contribution in [2.45, 2.75) is 52.4 Å². The van der Waals surface area contributed by atoms with Crippen molar-refractivity contribution in [2.75, 3.05) is 37.4 Å². The number of rotatable bonds is 9. The Labute approximate surface area is 128 Å². The normalized spacial score (nSPS) is 11.5. The lowest BCUT2D eigenvalue weighted by Gasteiger charge is -2.18. The lowest BCUT2D eigenvalue weighted by molar-refractivity contribution is 0.131. The molecule has 0 aromatic carbocycles. The van der Waals surface area contributed by atoms with Crippen molar-refractivity contribution >= 4 is 11.6 Å². The van der Waals surface area contributed by atoms with Crippen LogP contribution in [0.1, 0.15) is 52.8 Å². The van der Waals surface area contributed by atoms with Crippen molar-refractivity contribution in [3.05, 3.63) is 11.9 Å². The molecule has 0 bridgehead atoms. The Kier molecular flexibility index (Phi) is 7.43. The highest BCUT2D eigenvalue weighted by atomic mass is 16.5. The number of hydrogen-bond donors (Lipinski definition) is 2. The zero-order valence-corrected chi connectivity index (χ0v) is 14.1. The molecule has 1 aromatic heterocycles. The first-order chi connectivity index (χ1) is 9.97. The highest BCUT2D eigenvalue weighted by Gasteiger charge is 2.18. The summed E-state index contributed by atoms with van der Waals surface area (Å²) in [6.07, 6.45) is 3.30. The third kappa shape index (κ3) is 6.76. The van der Waals surface area contributed by atoms with Crippen molar-refractivity contribution in [1.29, 1.82) is 0 Å². The smallest absolute Gasteiger partial charge is 0.138 e. The van der Waals surface area contributed by atoms with Gasteiger partial charge in [0.25, 0.3) is 0 Å². The van der Waals surface area contributed by atoms with Gasteiger partial charge in [-0.25, -0.2) is 9.97 Å². The molecule has 5 heteroatoms. The van der Waals surface area contributed by atoms with E-state index in [-0.39, 0.29) is 5.41 Å². The van der Waals surface area contributed by atoms with E-state index in [0.29, 0.717) is 0 Å². The van der Waals surface area contributed by atoms with Crippen LogP contribution in [0.4, 0.5) is 11.6 Å². The van der Waals surface area contributed by atoms with E-state index < -0.39 is 0 Å². The third-order valence-electron chi connectivity index (χ3n) is 3.07. The van der Waals surface area contributed by atoms with Crippen LogP contribution in [0, 0.1) is 0 Å². The SMILES string of the molecule is CCCCOCCCNc1cc(NC)nc(C(C)(C)C)n1. The van der Waals surface area contributed by atoms with E-state index in [4.69, 9.17) is 4.74 Å². The molecule has 5 nitrogen and oxygen atoms in total. The number of hydrogen-bond acceptors (Lipinski definition) is 5. The average Bonchev–Trinajstić information content (AvgIpc) is 2.45. The minimum atomic E-state index is -0.0629. The summed E-state index contributed by atoms with van der Waals surface area (Å²) in [6, 6.07) is 1.94. The maximum absolute atomic E-state index is 5.55. The molecular formula is C16H30N4O. The lowest BCUT2D eigenvalue weighted by atomic mass is 9.96. The minimum absolute atomic E-state index is 0.0629. The fraction of sp³-hybridized carbons (Fsp3) is 0.750. The summed E-state index contributed by atoms with van der Waals surface area (Å²) in [7, 11) is 1.88. The summed E-state index contributed by atoms with van der Waals surface area (Å²) in [4.78, 5) is 9.11. The fourth-order valence-corrected chi connectivity index (χ4v) is 1.74. The molecule has 1 aromatic rings. The Morgan fingerprint density at radius 3 is 2.38 bits per heavy atom. The number of unbranched alkanes of at least 4 members (excludes halogenated alkanes) is 1. The summed E-state index contributed by atoms with van der Waals surface area (Å²) in [5.74, 6) is 2.56. The maximum atomic E-state index is 5.55.